The van der Waals surface area contributed by atoms with E-state index in [9.17, 15) is 13.2 Å². The van der Waals surface area contributed by atoms with E-state index in [1.165, 1.54) is 6.07 Å². The molecule has 2 nitrogen and oxygen atoms in total. The van der Waals surface area contributed by atoms with Gasteiger partial charge in [0.2, 0.25) is 0 Å². The molecule has 2 aliphatic rings. The van der Waals surface area contributed by atoms with Crippen LogP contribution in [0.2, 0.25) is 0 Å². The highest BCUT2D eigenvalue weighted by atomic mass is 35.5. The molecule has 0 aromatic heterocycles. The summed E-state index contributed by atoms with van der Waals surface area (Å²) in [6.07, 6.45) is -2.77. The first-order valence-corrected chi connectivity index (χ1v) is 7.06. The molecule has 2 atom stereocenters. The maximum Gasteiger partial charge on any atom is 0.416 e. The van der Waals surface area contributed by atoms with Gasteiger partial charge in [0.1, 0.15) is 0 Å². The molecule has 0 bridgehead atoms. The highest BCUT2D eigenvalue weighted by molar-refractivity contribution is 5.85. The SMILES string of the molecule is CCCc1cc2c(c(C(F)(F)F)c1)CO[C@@H]1CNC[C@H]21.Cl. The number of halogens is 4. The van der Waals surface area contributed by atoms with E-state index in [2.05, 4.69) is 5.32 Å². The zero-order valence-electron chi connectivity index (χ0n) is 11.8. The van der Waals surface area contributed by atoms with Gasteiger partial charge >= 0.3 is 6.18 Å². The van der Waals surface area contributed by atoms with Crippen LogP contribution in [0.15, 0.2) is 12.1 Å². The van der Waals surface area contributed by atoms with Gasteiger partial charge in [-0.25, -0.2) is 0 Å². The second kappa shape index (κ2) is 6.15. The molecular formula is C15H19ClF3NO. The lowest BCUT2D eigenvalue weighted by molar-refractivity contribution is -0.139. The normalized spacial score (nSPS) is 24.2. The van der Waals surface area contributed by atoms with Gasteiger partial charge in [-0.1, -0.05) is 19.4 Å². The van der Waals surface area contributed by atoms with E-state index in [4.69, 9.17) is 4.74 Å². The van der Waals surface area contributed by atoms with Gasteiger partial charge in [-0.15, -0.1) is 12.4 Å². The number of rotatable bonds is 2. The van der Waals surface area contributed by atoms with Gasteiger partial charge in [0.25, 0.3) is 0 Å². The Morgan fingerprint density at radius 3 is 2.71 bits per heavy atom. The molecule has 2 aliphatic heterocycles. The molecule has 6 heteroatoms. The number of nitrogens with one attached hydrogen (secondary N) is 1. The molecule has 1 fully saturated rings. The Labute approximate surface area is 128 Å². The average Bonchev–Trinajstić information content (AvgIpc) is 2.85. The lowest BCUT2D eigenvalue weighted by Gasteiger charge is -2.30. The van der Waals surface area contributed by atoms with Crippen molar-refractivity contribution in [2.24, 2.45) is 0 Å². The molecule has 1 aromatic carbocycles. The largest absolute Gasteiger partial charge is 0.416 e. The van der Waals surface area contributed by atoms with Gasteiger partial charge in [0.15, 0.2) is 0 Å². The van der Waals surface area contributed by atoms with E-state index in [-0.39, 0.29) is 31.0 Å². The summed E-state index contributed by atoms with van der Waals surface area (Å²) in [6, 6.07) is 3.26. The van der Waals surface area contributed by atoms with Crippen LogP contribution in [0.5, 0.6) is 0 Å². The first-order chi connectivity index (χ1) is 9.50. The van der Waals surface area contributed by atoms with Crippen LogP contribution in [0.25, 0.3) is 0 Å². The third-order valence-electron chi connectivity index (χ3n) is 4.19. The molecule has 21 heavy (non-hydrogen) atoms. The number of fused-ring (bicyclic) bond motifs is 3. The number of benzene rings is 1. The van der Waals surface area contributed by atoms with Crippen LogP contribution in [0.3, 0.4) is 0 Å². The zero-order chi connectivity index (χ0) is 14.3. The molecule has 1 aromatic rings. The Hall–Kier alpha value is -0.780. The van der Waals surface area contributed by atoms with Crippen molar-refractivity contribution in [3.8, 4) is 0 Å². The summed E-state index contributed by atoms with van der Waals surface area (Å²) >= 11 is 0. The molecule has 2 heterocycles. The Bertz CT molecular complexity index is 518. The lowest BCUT2D eigenvalue weighted by atomic mass is 9.85. The Kier molecular flexibility index (Phi) is 4.85. The number of ether oxygens (including phenoxy) is 1. The number of hydrogen-bond acceptors (Lipinski definition) is 2. The fraction of sp³-hybridized carbons (Fsp3) is 0.600. The van der Waals surface area contributed by atoms with Crippen LogP contribution >= 0.6 is 12.4 Å². The van der Waals surface area contributed by atoms with E-state index in [1.54, 1.807) is 0 Å². The number of hydrogen-bond donors (Lipinski definition) is 1. The molecule has 1 N–H and O–H groups in total. The molecule has 0 unspecified atom stereocenters. The zero-order valence-corrected chi connectivity index (χ0v) is 12.6. The Balaban J connectivity index is 0.00000161. The summed E-state index contributed by atoms with van der Waals surface area (Å²) in [4.78, 5) is 0. The molecule has 0 spiro atoms. The number of aryl methyl sites for hydroxylation is 1. The Morgan fingerprint density at radius 1 is 1.29 bits per heavy atom. The minimum atomic E-state index is -4.31. The smallest absolute Gasteiger partial charge is 0.372 e. The molecule has 118 valence electrons. The summed E-state index contributed by atoms with van der Waals surface area (Å²) in [7, 11) is 0. The van der Waals surface area contributed by atoms with Crippen molar-refractivity contribution in [1.82, 2.24) is 5.32 Å². The number of alkyl halides is 3. The van der Waals surface area contributed by atoms with E-state index in [1.807, 2.05) is 13.0 Å². The molecule has 1 saturated heterocycles. The quantitative estimate of drug-likeness (QED) is 0.897. The minimum absolute atomic E-state index is 0. The third-order valence-corrected chi connectivity index (χ3v) is 4.19. The van der Waals surface area contributed by atoms with Crippen LogP contribution in [0, 0.1) is 0 Å². The van der Waals surface area contributed by atoms with Crippen LogP contribution in [-0.4, -0.2) is 19.2 Å². The summed E-state index contributed by atoms with van der Waals surface area (Å²) in [6.45, 7) is 3.48. The van der Waals surface area contributed by atoms with Gasteiger partial charge < -0.3 is 10.1 Å². The average molecular weight is 322 g/mol. The van der Waals surface area contributed by atoms with E-state index in [0.29, 0.717) is 18.5 Å². The molecule has 0 amide bonds. The fourth-order valence-corrected chi connectivity index (χ4v) is 3.26. The molecule has 0 radical (unpaired) electrons. The first-order valence-electron chi connectivity index (χ1n) is 7.06. The predicted octanol–water partition coefficient (Wildman–Crippen LogP) is 3.67. The molecular weight excluding hydrogens is 303 g/mol. The second-order valence-electron chi connectivity index (χ2n) is 5.57. The van der Waals surface area contributed by atoms with Crippen LogP contribution in [0.4, 0.5) is 13.2 Å². The van der Waals surface area contributed by atoms with Gasteiger partial charge in [0.05, 0.1) is 18.3 Å². The van der Waals surface area contributed by atoms with Crippen molar-refractivity contribution >= 4 is 12.4 Å². The van der Waals surface area contributed by atoms with E-state index in [0.717, 1.165) is 24.1 Å². The van der Waals surface area contributed by atoms with Crippen molar-refractivity contribution < 1.29 is 17.9 Å². The summed E-state index contributed by atoms with van der Waals surface area (Å²) in [5.41, 5.74) is 1.45. The second-order valence-corrected chi connectivity index (χ2v) is 5.57. The monoisotopic (exact) mass is 321 g/mol. The molecule has 3 rings (SSSR count). The van der Waals surface area contributed by atoms with Gasteiger partial charge in [-0.3, -0.25) is 0 Å². The van der Waals surface area contributed by atoms with Crippen LogP contribution in [-0.2, 0) is 23.9 Å². The summed E-state index contributed by atoms with van der Waals surface area (Å²) in [5.74, 6) is 0.0525. The van der Waals surface area contributed by atoms with Crippen LogP contribution < -0.4 is 5.32 Å². The summed E-state index contributed by atoms with van der Waals surface area (Å²) < 4.78 is 45.4. The topological polar surface area (TPSA) is 21.3 Å². The van der Waals surface area contributed by atoms with Crippen molar-refractivity contribution in [1.29, 1.82) is 0 Å². The van der Waals surface area contributed by atoms with Gasteiger partial charge in [-0.05, 0) is 29.2 Å². The van der Waals surface area contributed by atoms with Crippen molar-refractivity contribution in [2.45, 2.75) is 44.6 Å². The highest BCUT2D eigenvalue weighted by Gasteiger charge is 2.41. The summed E-state index contributed by atoms with van der Waals surface area (Å²) in [5, 5.41) is 3.21. The van der Waals surface area contributed by atoms with E-state index >= 15 is 0 Å². The van der Waals surface area contributed by atoms with Crippen molar-refractivity contribution in [3.63, 3.8) is 0 Å². The van der Waals surface area contributed by atoms with Gasteiger partial charge in [-0.2, -0.15) is 13.2 Å². The van der Waals surface area contributed by atoms with E-state index < -0.39 is 11.7 Å². The van der Waals surface area contributed by atoms with Crippen LogP contribution in [0.1, 0.15) is 41.5 Å². The van der Waals surface area contributed by atoms with Crippen molar-refractivity contribution in [2.75, 3.05) is 13.1 Å². The first kappa shape index (κ1) is 16.6. The van der Waals surface area contributed by atoms with Gasteiger partial charge in [0, 0.05) is 19.0 Å². The lowest BCUT2D eigenvalue weighted by Crippen LogP contribution is -2.29. The third kappa shape index (κ3) is 3.05. The molecule has 0 aliphatic carbocycles. The highest BCUT2D eigenvalue weighted by Crippen LogP contribution is 2.41. The fourth-order valence-electron chi connectivity index (χ4n) is 3.26. The predicted molar refractivity (Wildman–Crippen MR) is 76.9 cm³/mol. The standard InChI is InChI=1S/C15H18F3NO.ClH/c1-2-3-9-4-10-11-6-19-7-14(11)20-8-12(10)13(5-9)15(16,17)18;/h4-5,11,14,19H,2-3,6-8H2,1H3;1H/t11-,14-;/m1./s1. The Morgan fingerprint density at radius 2 is 2.05 bits per heavy atom. The maximum absolute atomic E-state index is 13.3. The van der Waals surface area contributed by atoms with Crippen molar-refractivity contribution in [3.05, 3.63) is 34.4 Å². The molecule has 0 saturated carbocycles. The minimum Gasteiger partial charge on any atom is -0.372 e. The maximum atomic E-state index is 13.3.